The molecule has 0 amide bonds. The summed E-state index contributed by atoms with van der Waals surface area (Å²) in [5, 5.41) is 0. The highest BCUT2D eigenvalue weighted by molar-refractivity contribution is 5.87. The lowest BCUT2D eigenvalue weighted by Gasteiger charge is -2.14. The van der Waals surface area contributed by atoms with Crippen LogP contribution in [-0.2, 0) is 14.3 Å². The van der Waals surface area contributed by atoms with E-state index in [0.717, 1.165) is 25.7 Å². The predicted octanol–water partition coefficient (Wildman–Crippen LogP) is 1.70. The van der Waals surface area contributed by atoms with E-state index < -0.39 is 6.10 Å². The van der Waals surface area contributed by atoms with E-state index in [0.29, 0.717) is 0 Å². The number of ketones is 1. The van der Waals surface area contributed by atoms with Gasteiger partial charge in [-0.2, -0.15) is 0 Å². The number of ether oxygens (including phenoxy) is 1. The van der Waals surface area contributed by atoms with E-state index in [4.69, 9.17) is 4.74 Å². The quantitative estimate of drug-likeness (QED) is 0.627. The molecule has 1 rings (SSSR count). The van der Waals surface area contributed by atoms with Crippen LogP contribution in [0.4, 0.5) is 0 Å². The molecular formula is C10H16O3. The van der Waals surface area contributed by atoms with Gasteiger partial charge in [0.25, 0.3) is 0 Å². The lowest BCUT2D eigenvalue weighted by Crippen LogP contribution is -2.28. The fourth-order valence-electron chi connectivity index (χ4n) is 1.85. The molecule has 1 atom stereocenters. The van der Waals surface area contributed by atoms with Gasteiger partial charge in [0.15, 0.2) is 11.9 Å². The Balaban J connectivity index is 2.41. The summed E-state index contributed by atoms with van der Waals surface area (Å²) in [4.78, 5) is 22.2. The summed E-state index contributed by atoms with van der Waals surface area (Å²) in [6.07, 6.45) is 3.63. The van der Waals surface area contributed by atoms with Gasteiger partial charge < -0.3 is 4.74 Å². The Morgan fingerprint density at radius 1 is 1.31 bits per heavy atom. The van der Waals surface area contributed by atoms with Gasteiger partial charge in [0.05, 0.1) is 0 Å². The van der Waals surface area contributed by atoms with Crippen LogP contribution in [0.3, 0.4) is 0 Å². The van der Waals surface area contributed by atoms with Crippen LogP contribution in [0.15, 0.2) is 0 Å². The van der Waals surface area contributed by atoms with Gasteiger partial charge in [0.2, 0.25) is 0 Å². The summed E-state index contributed by atoms with van der Waals surface area (Å²) in [5.41, 5.74) is 0. The third-order valence-electron chi connectivity index (χ3n) is 2.50. The Labute approximate surface area is 78.5 Å². The minimum Gasteiger partial charge on any atom is -0.455 e. The molecule has 1 aliphatic rings. The monoisotopic (exact) mass is 184 g/mol. The summed E-state index contributed by atoms with van der Waals surface area (Å²) in [5.74, 6) is -0.152. The van der Waals surface area contributed by atoms with Crippen molar-refractivity contribution in [1.82, 2.24) is 0 Å². The van der Waals surface area contributed by atoms with E-state index in [1.165, 1.54) is 6.92 Å². The van der Waals surface area contributed by atoms with Crippen LogP contribution >= 0.6 is 0 Å². The van der Waals surface area contributed by atoms with Crippen molar-refractivity contribution in [3.63, 3.8) is 0 Å². The minimum absolute atomic E-state index is 0.0905. The lowest BCUT2D eigenvalue weighted by atomic mass is 9.99. The molecule has 1 unspecified atom stereocenters. The third-order valence-corrected chi connectivity index (χ3v) is 2.50. The number of carbonyl (C=O) groups is 2. The Morgan fingerprint density at radius 3 is 2.31 bits per heavy atom. The van der Waals surface area contributed by atoms with Gasteiger partial charge in [-0.15, -0.1) is 0 Å². The molecule has 0 bridgehead atoms. The Morgan fingerprint density at radius 2 is 1.85 bits per heavy atom. The zero-order valence-corrected chi connectivity index (χ0v) is 8.21. The molecule has 0 aliphatic heterocycles. The SMILES string of the molecule is CC(=O)OC(C)C(=O)C1CCCC1. The zero-order chi connectivity index (χ0) is 9.84. The second-order valence-corrected chi connectivity index (χ2v) is 3.64. The zero-order valence-electron chi connectivity index (χ0n) is 8.21. The van der Waals surface area contributed by atoms with Gasteiger partial charge in [0, 0.05) is 12.8 Å². The van der Waals surface area contributed by atoms with Crippen molar-refractivity contribution in [3.8, 4) is 0 Å². The molecule has 0 aromatic heterocycles. The van der Waals surface area contributed by atoms with Crippen molar-refractivity contribution < 1.29 is 14.3 Å². The van der Waals surface area contributed by atoms with Crippen LogP contribution in [0.25, 0.3) is 0 Å². The minimum atomic E-state index is -0.555. The molecule has 0 spiro atoms. The van der Waals surface area contributed by atoms with Gasteiger partial charge in [0.1, 0.15) is 0 Å². The lowest BCUT2D eigenvalue weighted by molar-refractivity contribution is -0.153. The molecule has 1 aliphatic carbocycles. The maximum atomic E-state index is 11.6. The number of esters is 1. The van der Waals surface area contributed by atoms with E-state index in [2.05, 4.69) is 0 Å². The summed E-state index contributed by atoms with van der Waals surface area (Å²) < 4.78 is 4.84. The molecule has 1 fully saturated rings. The Hall–Kier alpha value is -0.860. The molecule has 3 nitrogen and oxygen atoms in total. The predicted molar refractivity (Wildman–Crippen MR) is 48.2 cm³/mol. The van der Waals surface area contributed by atoms with Crippen LogP contribution in [0.5, 0.6) is 0 Å². The highest BCUT2D eigenvalue weighted by Crippen LogP contribution is 2.26. The molecule has 0 saturated heterocycles. The fourth-order valence-corrected chi connectivity index (χ4v) is 1.85. The normalized spacial score (nSPS) is 19.8. The van der Waals surface area contributed by atoms with Crippen LogP contribution in [0.1, 0.15) is 39.5 Å². The van der Waals surface area contributed by atoms with Crippen LogP contribution in [-0.4, -0.2) is 17.9 Å². The Kier molecular flexibility index (Phi) is 3.46. The second kappa shape index (κ2) is 4.40. The smallest absolute Gasteiger partial charge is 0.303 e. The second-order valence-electron chi connectivity index (χ2n) is 3.64. The molecule has 0 aromatic rings. The van der Waals surface area contributed by atoms with E-state index in [1.807, 2.05) is 0 Å². The third kappa shape index (κ3) is 2.83. The number of carbonyl (C=O) groups excluding carboxylic acids is 2. The largest absolute Gasteiger partial charge is 0.455 e. The van der Waals surface area contributed by atoms with Crippen molar-refractivity contribution in [1.29, 1.82) is 0 Å². The van der Waals surface area contributed by atoms with Gasteiger partial charge in [-0.25, -0.2) is 0 Å². The highest BCUT2D eigenvalue weighted by atomic mass is 16.5. The first-order chi connectivity index (χ1) is 6.11. The van der Waals surface area contributed by atoms with E-state index in [9.17, 15) is 9.59 Å². The van der Waals surface area contributed by atoms with Crippen molar-refractivity contribution in [2.75, 3.05) is 0 Å². The summed E-state index contributed by atoms with van der Waals surface area (Å²) in [6, 6.07) is 0. The average Bonchev–Trinajstić information content (AvgIpc) is 2.53. The Bertz CT molecular complexity index is 204. The standard InChI is InChI=1S/C10H16O3/c1-7(13-8(2)11)10(12)9-5-3-4-6-9/h7,9H,3-6H2,1-2H3. The summed E-state index contributed by atoms with van der Waals surface area (Å²) >= 11 is 0. The van der Waals surface area contributed by atoms with Gasteiger partial charge in [-0.1, -0.05) is 12.8 Å². The summed E-state index contributed by atoms with van der Waals surface area (Å²) in [7, 11) is 0. The van der Waals surface area contributed by atoms with Crippen molar-refractivity contribution in [2.45, 2.75) is 45.6 Å². The topological polar surface area (TPSA) is 43.4 Å². The van der Waals surface area contributed by atoms with Crippen molar-refractivity contribution in [3.05, 3.63) is 0 Å². The molecule has 3 heteroatoms. The number of hydrogen-bond donors (Lipinski definition) is 0. The number of hydrogen-bond acceptors (Lipinski definition) is 3. The van der Waals surface area contributed by atoms with Crippen LogP contribution in [0.2, 0.25) is 0 Å². The average molecular weight is 184 g/mol. The van der Waals surface area contributed by atoms with Gasteiger partial charge >= 0.3 is 5.97 Å². The molecule has 1 saturated carbocycles. The van der Waals surface area contributed by atoms with Gasteiger partial charge in [-0.05, 0) is 19.8 Å². The maximum Gasteiger partial charge on any atom is 0.303 e. The number of Topliss-reactive ketones (excluding diaryl/α,β-unsaturated/α-hetero) is 1. The first kappa shape index (κ1) is 10.2. The number of rotatable bonds is 3. The van der Waals surface area contributed by atoms with Gasteiger partial charge in [-0.3, -0.25) is 9.59 Å². The molecule has 0 heterocycles. The molecule has 0 N–H and O–H groups in total. The first-order valence-corrected chi connectivity index (χ1v) is 4.82. The fraction of sp³-hybridized carbons (Fsp3) is 0.800. The summed E-state index contributed by atoms with van der Waals surface area (Å²) in [6.45, 7) is 2.99. The molecule has 0 aromatic carbocycles. The maximum absolute atomic E-state index is 11.6. The molecule has 0 radical (unpaired) electrons. The molecule has 74 valence electrons. The van der Waals surface area contributed by atoms with E-state index in [-0.39, 0.29) is 17.7 Å². The van der Waals surface area contributed by atoms with Crippen LogP contribution < -0.4 is 0 Å². The van der Waals surface area contributed by atoms with E-state index >= 15 is 0 Å². The first-order valence-electron chi connectivity index (χ1n) is 4.82. The molecule has 13 heavy (non-hydrogen) atoms. The molecular weight excluding hydrogens is 168 g/mol. The van der Waals surface area contributed by atoms with E-state index in [1.54, 1.807) is 6.92 Å². The van der Waals surface area contributed by atoms with Crippen molar-refractivity contribution >= 4 is 11.8 Å². The highest BCUT2D eigenvalue weighted by Gasteiger charge is 2.28. The van der Waals surface area contributed by atoms with Crippen molar-refractivity contribution in [2.24, 2.45) is 5.92 Å². The van der Waals surface area contributed by atoms with Crippen LogP contribution in [0, 0.1) is 5.92 Å².